The molecule has 0 aromatic heterocycles. The van der Waals surface area contributed by atoms with E-state index in [1.54, 1.807) is 0 Å². The molecule has 1 rings (SSSR count). The summed E-state index contributed by atoms with van der Waals surface area (Å²) in [4.78, 5) is 0. The Balaban J connectivity index is 2.70. The van der Waals surface area contributed by atoms with E-state index in [1.807, 2.05) is 6.92 Å². The van der Waals surface area contributed by atoms with E-state index in [4.69, 9.17) is 10.00 Å². The highest BCUT2D eigenvalue weighted by Crippen LogP contribution is 2.40. The van der Waals surface area contributed by atoms with Crippen molar-refractivity contribution in [2.75, 3.05) is 19.5 Å². The van der Waals surface area contributed by atoms with Crippen LogP contribution < -0.4 is 0 Å². The number of rotatable bonds is 4. The van der Waals surface area contributed by atoms with Gasteiger partial charge in [-0.25, -0.2) is 8.42 Å². The molecule has 5 heteroatoms. The minimum atomic E-state index is -3.02. The van der Waals surface area contributed by atoms with E-state index in [0.29, 0.717) is 32.5 Å². The topological polar surface area (TPSA) is 67.2 Å². The van der Waals surface area contributed by atoms with Crippen LogP contribution in [0.5, 0.6) is 0 Å². The molecular formula is C10H17NO3S. The zero-order chi connectivity index (χ0) is 11.5. The Morgan fingerprint density at radius 3 is 2.67 bits per heavy atom. The summed E-state index contributed by atoms with van der Waals surface area (Å²) in [6, 6.07) is 2.22. The lowest BCUT2D eigenvalue weighted by Crippen LogP contribution is -2.25. The van der Waals surface area contributed by atoms with E-state index < -0.39 is 15.3 Å². The molecule has 0 unspecified atom stereocenters. The fraction of sp³-hybridized carbons (Fsp3) is 0.900. The molecule has 0 spiro atoms. The predicted molar refractivity (Wildman–Crippen MR) is 57.0 cm³/mol. The summed E-state index contributed by atoms with van der Waals surface area (Å²) in [7, 11) is -3.02. The molecule has 0 radical (unpaired) electrons. The predicted octanol–water partition coefficient (Wildman–Crippen LogP) is 1.13. The average Bonchev–Trinajstić information content (AvgIpc) is 2.59. The molecule has 0 aliphatic heterocycles. The highest BCUT2D eigenvalue weighted by atomic mass is 32.2. The molecule has 1 aliphatic carbocycles. The zero-order valence-corrected chi connectivity index (χ0v) is 10.0. The Kier molecular flexibility index (Phi) is 3.74. The van der Waals surface area contributed by atoms with Crippen molar-refractivity contribution in [3.63, 3.8) is 0 Å². The Morgan fingerprint density at radius 2 is 2.27 bits per heavy atom. The van der Waals surface area contributed by atoms with Gasteiger partial charge >= 0.3 is 0 Å². The van der Waals surface area contributed by atoms with Crippen molar-refractivity contribution in [2.24, 2.45) is 5.41 Å². The minimum absolute atomic E-state index is 0.353. The summed E-state index contributed by atoms with van der Waals surface area (Å²) in [5.74, 6) is 0. The summed E-state index contributed by atoms with van der Waals surface area (Å²) in [6.45, 7) is 2.78. The van der Waals surface area contributed by atoms with Crippen LogP contribution in [0.15, 0.2) is 0 Å². The summed E-state index contributed by atoms with van der Waals surface area (Å²) >= 11 is 0. The second kappa shape index (κ2) is 4.50. The van der Waals surface area contributed by atoms with Gasteiger partial charge in [0.05, 0.1) is 23.3 Å². The van der Waals surface area contributed by atoms with Crippen LogP contribution >= 0.6 is 0 Å². The Bertz CT molecular complexity index is 357. The lowest BCUT2D eigenvalue weighted by atomic mass is 9.89. The monoisotopic (exact) mass is 231 g/mol. The van der Waals surface area contributed by atoms with Gasteiger partial charge in [0.2, 0.25) is 0 Å². The Labute approximate surface area is 91.1 Å². The summed E-state index contributed by atoms with van der Waals surface area (Å²) in [5.41, 5.74) is -0.580. The van der Waals surface area contributed by atoms with Gasteiger partial charge in [0.25, 0.3) is 0 Å². The number of hydrogen-bond donors (Lipinski definition) is 0. The molecule has 0 heterocycles. The van der Waals surface area contributed by atoms with Crippen molar-refractivity contribution < 1.29 is 13.2 Å². The lowest BCUT2D eigenvalue weighted by Gasteiger charge is -2.19. The SMILES string of the molecule is CCOC[C@]1(C#N)CC[C@H](S(C)(=O)=O)C1. The van der Waals surface area contributed by atoms with E-state index in [0.717, 1.165) is 0 Å². The van der Waals surface area contributed by atoms with Gasteiger partial charge in [-0.15, -0.1) is 0 Å². The summed E-state index contributed by atoms with van der Waals surface area (Å²) < 4.78 is 28.0. The molecule has 0 bridgehead atoms. The number of nitrogens with zero attached hydrogens (tertiary/aromatic N) is 1. The average molecular weight is 231 g/mol. The molecule has 0 aromatic carbocycles. The minimum Gasteiger partial charge on any atom is -0.380 e. The Hall–Kier alpha value is -0.600. The second-order valence-corrected chi connectivity index (χ2v) is 6.55. The molecule has 1 aliphatic rings. The summed E-state index contributed by atoms with van der Waals surface area (Å²) in [5, 5.41) is 8.74. The first-order valence-corrected chi connectivity index (χ1v) is 7.07. The number of sulfone groups is 1. The van der Waals surface area contributed by atoms with Crippen LogP contribution in [0.3, 0.4) is 0 Å². The van der Waals surface area contributed by atoms with Crippen molar-refractivity contribution in [2.45, 2.75) is 31.4 Å². The van der Waals surface area contributed by atoms with Crippen molar-refractivity contribution in [3.05, 3.63) is 0 Å². The molecule has 15 heavy (non-hydrogen) atoms. The fourth-order valence-electron chi connectivity index (χ4n) is 2.01. The van der Waals surface area contributed by atoms with E-state index in [1.165, 1.54) is 6.26 Å². The van der Waals surface area contributed by atoms with Crippen molar-refractivity contribution in [1.82, 2.24) is 0 Å². The van der Waals surface area contributed by atoms with Crippen LogP contribution in [0.4, 0.5) is 0 Å². The first-order chi connectivity index (χ1) is 6.93. The van der Waals surface area contributed by atoms with Crippen LogP contribution in [0.1, 0.15) is 26.2 Å². The molecule has 0 N–H and O–H groups in total. The Morgan fingerprint density at radius 1 is 1.60 bits per heavy atom. The first-order valence-electron chi connectivity index (χ1n) is 5.11. The molecule has 4 nitrogen and oxygen atoms in total. The van der Waals surface area contributed by atoms with Gasteiger partial charge in [-0.3, -0.25) is 0 Å². The van der Waals surface area contributed by atoms with Crippen LogP contribution in [0.25, 0.3) is 0 Å². The highest BCUT2D eigenvalue weighted by molar-refractivity contribution is 7.91. The largest absolute Gasteiger partial charge is 0.380 e. The van der Waals surface area contributed by atoms with E-state index in [2.05, 4.69) is 6.07 Å². The zero-order valence-electron chi connectivity index (χ0n) is 9.19. The molecule has 1 saturated carbocycles. The molecule has 1 fully saturated rings. The van der Waals surface area contributed by atoms with Crippen molar-refractivity contribution >= 4 is 9.84 Å². The van der Waals surface area contributed by atoms with Crippen LogP contribution in [-0.2, 0) is 14.6 Å². The highest BCUT2D eigenvalue weighted by Gasteiger charge is 2.43. The maximum Gasteiger partial charge on any atom is 0.150 e. The molecule has 86 valence electrons. The number of hydrogen-bond acceptors (Lipinski definition) is 4. The normalized spacial score (nSPS) is 31.4. The van der Waals surface area contributed by atoms with Crippen molar-refractivity contribution in [1.29, 1.82) is 5.26 Å². The lowest BCUT2D eigenvalue weighted by molar-refractivity contribution is 0.0835. The van der Waals surface area contributed by atoms with E-state index in [9.17, 15) is 8.42 Å². The fourth-order valence-corrected chi connectivity index (χ4v) is 3.17. The molecule has 0 amide bonds. The third kappa shape index (κ3) is 2.93. The van der Waals surface area contributed by atoms with Gasteiger partial charge in [0, 0.05) is 12.9 Å². The summed E-state index contributed by atoms with van der Waals surface area (Å²) in [6.07, 6.45) is 2.87. The van der Waals surface area contributed by atoms with E-state index >= 15 is 0 Å². The molecule has 0 aromatic rings. The number of nitriles is 1. The van der Waals surface area contributed by atoms with Gasteiger partial charge in [-0.1, -0.05) is 0 Å². The number of ether oxygens (including phenoxy) is 1. The standard InChI is InChI=1S/C10H17NO3S/c1-3-14-8-10(7-11)5-4-9(6-10)15(2,12)13/h9H,3-6,8H2,1-2H3/t9-,10+/m0/s1. The second-order valence-electron chi connectivity index (χ2n) is 4.22. The molecule has 0 saturated heterocycles. The molecular weight excluding hydrogens is 214 g/mol. The van der Waals surface area contributed by atoms with Gasteiger partial charge in [0.1, 0.15) is 9.84 Å². The van der Waals surface area contributed by atoms with Gasteiger partial charge < -0.3 is 4.74 Å². The van der Waals surface area contributed by atoms with Crippen LogP contribution in [0.2, 0.25) is 0 Å². The van der Waals surface area contributed by atoms with Crippen LogP contribution in [0, 0.1) is 16.7 Å². The smallest absolute Gasteiger partial charge is 0.150 e. The van der Waals surface area contributed by atoms with Gasteiger partial charge in [0.15, 0.2) is 0 Å². The maximum absolute atomic E-state index is 11.4. The van der Waals surface area contributed by atoms with Gasteiger partial charge in [-0.05, 0) is 26.2 Å². The third-order valence-electron chi connectivity index (χ3n) is 2.99. The maximum atomic E-state index is 11.4. The van der Waals surface area contributed by atoms with Crippen molar-refractivity contribution in [3.8, 4) is 6.07 Å². The molecule has 2 atom stereocenters. The van der Waals surface area contributed by atoms with Gasteiger partial charge in [-0.2, -0.15) is 5.26 Å². The first kappa shape index (κ1) is 12.5. The third-order valence-corrected chi connectivity index (χ3v) is 4.60. The van der Waals surface area contributed by atoms with E-state index in [-0.39, 0.29) is 5.25 Å². The van der Waals surface area contributed by atoms with Crippen LogP contribution in [-0.4, -0.2) is 33.1 Å². The quantitative estimate of drug-likeness (QED) is 0.727.